The molecule has 0 aliphatic rings. The highest BCUT2D eigenvalue weighted by atomic mass is 16.2. The number of rotatable bonds is 10. The number of H-pyrrole nitrogens is 1. The molecule has 3 aromatic rings. The molecule has 3 rings (SSSR count). The summed E-state index contributed by atoms with van der Waals surface area (Å²) < 4.78 is 3.30. The second kappa shape index (κ2) is 9.56. The molecule has 0 unspecified atom stereocenters. The molecule has 1 aromatic carbocycles. The van der Waals surface area contributed by atoms with Crippen LogP contribution in [0.5, 0.6) is 0 Å². The van der Waals surface area contributed by atoms with E-state index in [1.165, 1.54) is 15.0 Å². The van der Waals surface area contributed by atoms with Gasteiger partial charge in [0.1, 0.15) is 0 Å². The number of hydrogen-bond acceptors (Lipinski definition) is 4. The second-order valence-electron chi connectivity index (χ2n) is 7.30. The van der Waals surface area contributed by atoms with E-state index in [0.717, 1.165) is 39.0 Å². The van der Waals surface area contributed by atoms with Gasteiger partial charge < -0.3 is 14.8 Å². The summed E-state index contributed by atoms with van der Waals surface area (Å²) in [7, 11) is 1.63. The third-order valence-electron chi connectivity index (χ3n) is 5.46. The standard InChI is InChI=1S/C21H30N6O2/c1-4-26(5-2)15-13-22-20-23-18-17(19(28)24-21(29)25(18)3)27(20)14-9-12-16-10-7-6-8-11-16/h6-8,10-11H,4-5,9,12-15H2,1-3H3,(H,22,23)(H,24,28,29)/p+1. The molecule has 2 aromatic heterocycles. The van der Waals surface area contributed by atoms with Gasteiger partial charge in [-0.3, -0.25) is 14.3 Å². The summed E-state index contributed by atoms with van der Waals surface area (Å²) in [6.07, 6.45) is 1.78. The number of aromatic amines is 1. The Morgan fingerprint density at radius 3 is 2.55 bits per heavy atom. The fourth-order valence-electron chi connectivity index (χ4n) is 3.63. The maximum absolute atomic E-state index is 12.5. The number of quaternary nitrogens is 1. The fourth-order valence-corrected chi connectivity index (χ4v) is 3.63. The van der Waals surface area contributed by atoms with Crippen molar-refractivity contribution in [1.29, 1.82) is 0 Å². The summed E-state index contributed by atoms with van der Waals surface area (Å²) in [5.74, 6) is 0.645. The average molecular weight is 400 g/mol. The largest absolute Gasteiger partial charge is 0.350 e. The molecule has 0 aliphatic heterocycles. The smallest absolute Gasteiger partial charge is 0.329 e. The van der Waals surface area contributed by atoms with Crippen LogP contribution in [0.3, 0.4) is 0 Å². The number of benzene rings is 1. The summed E-state index contributed by atoms with van der Waals surface area (Å²) in [5, 5.41) is 3.39. The Bertz CT molecular complexity index is 1050. The van der Waals surface area contributed by atoms with Gasteiger partial charge >= 0.3 is 5.69 Å². The van der Waals surface area contributed by atoms with Gasteiger partial charge in [-0.15, -0.1) is 0 Å². The molecule has 8 heteroatoms. The van der Waals surface area contributed by atoms with Crippen LogP contribution in [0.15, 0.2) is 39.9 Å². The molecule has 0 spiro atoms. The SMILES string of the molecule is CC[NH+](CC)CCNc1nc2c(c(=O)[nH]c(=O)n2C)n1CCCc1ccccc1. The molecule has 0 aliphatic carbocycles. The number of anilines is 1. The van der Waals surface area contributed by atoms with Gasteiger partial charge in [0, 0.05) is 13.6 Å². The summed E-state index contributed by atoms with van der Waals surface area (Å²) >= 11 is 0. The minimum absolute atomic E-state index is 0.391. The molecule has 3 N–H and O–H groups in total. The van der Waals surface area contributed by atoms with Gasteiger partial charge in [-0.1, -0.05) is 30.3 Å². The van der Waals surface area contributed by atoms with Crippen molar-refractivity contribution < 1.29 is 4.90 Å². The topological polar surface area (TPSA) is 89.2 Å². The van der Waals surface area contributed by atoms with E-state index in [1.54, 1.807) is 7.05 Å². The van der Waals surface area contributed by atoms with Crippen molar-refractivity contribution >= 4 is 17.1 Å². The first-order valence-corrected chi connectivity index (χ1v) is 10.4. The average Bonchev–Trinajstić information content (AvgIpc) is 3.09. The van der Waals surface area contributed by atoms with Crippen molar-refractivity contribution in [3.8, 4) is 0 Å². The van der Waals surface area contributed by atoms with E-state index in [9.17, 15) is 9.59 Å². The first-order chi connectivity index (χ1) is 14.0. The molecule has 0 atom stereocenters. The summed E-state index contributed by atoms with van der Waals surface area (Å²) in [4.78, 5) is 33.0. The van der Waals surface area contributed by atoms with E-state index in [0.29, 0.717) is 23.7 Å². The summed E-state index contributed by atoms with van der Waals surface area (Å²) in [6.45, 7) is 8.85. The van der Waals surface area contributed by atoms with E-state index in [1.807, 2.05) is 22.8 Å². The molecular formula is C21H31N6O2+. The maximum Gasteiger partial charge on any atom is 0.329 e. The molecule has 0 fully saturated rings. The number of nitrogens with zero attached hydrogens (tertiary/aromatic N) is 3. The van der Waals surface area contributed by atoms with Crippen molar-refractivity contribution in [3.05, 3.63) is 56.7 Å². The number of fused-ring (bicyclic) bond motifs is 1. The van der Waals surface area contributed by atoms with Gasteiger partial charge in [0.05, 0.1) is 26.2 Å². The van der Waals surface area contributed by atoms with Crippen LogP contribution in [0, 0.1) is 0 Å². The van der Waals surface area contributed by atoms with Crippen molar-refractivity contribution in [2.45, 2.75) is 33.2 Å². The number of aryl methyl sites for hydroxylation is 3. The quantitative estimate of drug-likeness (QED) is 0.460. The zero-order valence-corrected chi connectivity index (χ0v) is 17.5. The zero-order valence-electron chi connectivity index (χ0n) is 17.5. The van der Waals surface area contributed by atoms with Crippen molar-refractivity contribution in [2.24, 2.45) is 7.05 Å². The van der Waals surface area contributed by atoms with Crippen LogP contribution in [-0.2, 0) is 20.0 Å². The normalized spacial score (nSPS) is 11.4. The van der Waals surface area contributed by atoms with Gasteiger partial charge in [0.15, 0.2) is 11.2 Å². The number of likely N-dealkylation sites (N-methyl/N-ethyl adjacent to an activating group) is 1. The predicted molar refractivity (Wildman–Crippen MR) is 116 cm³/mol. The van der Waals surface area contributed by atoms with Crippen LogP contribution < -0.4 is 21.5 Å². The molecule has 29 heavy (non-hydrogen) atoms. The zero-order chi connectivity index (χ0) is 20.8. The Balaban J connectivity index is 1.86. The second-order valence-corrected chi connectivity index (χ2v) is 7.30. The fraction of sp³-hybridized carbons (Fsp3) is 0.476. The Kier molecular flexibility index (Phi) is 6.87. The van der Waals surface area contributed by atoms with E-state index < -0.39 is 11.2 Å². The molecule has 0 saturated carbocycles. The Hall–Kier alpha value is -2.87. The molecule has 0 amide bonds. The molecule has 0 saturated heterocycles. The first-order valence-electron chi connectivity index (χ1n) is 10.4. The lowest BCUT2D eigenvalue weighted by Gasteiger charge is -2.16. The van der Waals surface area contributed by atoms with Gasteiger partial charge in [0.25, 0.3) is 5.56 Å². The number of hydrogen-bond donors (Lipinski definition) is 3. The molecule has 0 bridgehead atoms. The molecular weight excluding hydrogens is 368 g/mol. The first kappa shape index (κ1) is 20.9. The van der Waals surface area contributed by atoms with Gasteiger partial charge in [-0.25, -0.2) is 4.79 Å². The molecule has 2 heterocycles. The Morgan fingerprint density at radius 2 is 1.86 bits per heavy atom. The van der Waals surface area contributed by atoms with Crippen molar-refractivity contribution in [2.75, 3.05) is 31.5 Å². The maximum atomic E-state index is 12.5. The van der Waals surface area contributed by atoms with E-state index in [2.05, 4.69) is 41.3 Å². The highest BCUT2D eigenvalue weighted by Crippen LogP contribution is 2.16. The Labute approximate surface area is 170 Å². The summed E-state index contributed by atoms with van der Waals surface area (Å²) in [5.41, 5.74) is 1.28. The van der Waals surface area contributed by atoms with Crippen LogP contribution in [0.2, 0.25) is 0 Å². The van der Waals surface area contributed by atoms with Crippen molar-refractivity contribution in [3.63, 3.8) is 0 Å². The minimum Gasteiger partial charge on any atom is -0.350 e. The van der Waals surface area contributed by atoms with Gasteiger partial charge in [0.2, 0.25) is 5.95 Å². The monoisotopic (exact) mass is 399 g/mol. The van der Waals surface area contributed by atoms with Crippen LogP contribution in [-0.4, -0.2) is 45.3 Å². The van der Waals surface area contributed by atoms with Crippen LogP contribution in [0.25, 0.3) is 11.2 Å². The third-order valence-corrected chi connectivity index (χ3v) is 5.46. The van der Waals surface area contributed by atoms with Crippen LogP contribution in [0.4, 0.5) is 5.95 Å². The highest BCUT2D eigenvalue weighted by molar-refractivity contribution is 5.74. The number of nitrogens with one attached hydrogen (secondary N) is 3. The van der Waals surface area contributed by atoms with Crippen molar-refractivity contribution in [1.82, 2.24) is 19.1 Å². The number of aromatic nitrogens is 4. The lowest BCUT2D eigenvalue weighted by molar-refractivity contribution is -0.894. The van der Waals surface area contributed by atoms with Gasteiger partial charge in [-0.2, -0.15) is 4.98 Å². The molecule has 156 valence electrons. The lowest BCUT2D eigenvalue weighted by Crippen LogP contribution is -3.12. The van der Waals surface area contributed by atoms with E-state index in [-0.39, 0.29) is 0 Å². The van der Waals surface area contributed by atoms with Gasteiger partial charge in [-0.05, 0) is 32.3 Å². The Morgan fingerprint density at radius 1 is 1.14 bits per heavy atom. The van der Waals surface area contributed by atoms with E-state index >= 15 is 0 Å². The number of imidazole rings is 1. The minimum atomic E-state index is -0.449. The van der Waals surface area contributed by atoms with Crippen LogP contribution >= 0.6 is 0 Å². The lowest BCUT2D eigenvalue weighted by atomic mass is 10.1. The third kappa shape index (κ3) is 4.76. The highest BCUT2D eigenvalue weighted by Gasteiger charge is 2.17. The molecule has 0 radical (unpaired) electrons. The van der Waals surface area contributed by atoms with E-state index in [4.69, 9.17) is 0 Å². The predicted octanol–water partition coefficient (Wildman–Crippen LogP) is 0.393. The molecule has 8 nitrogen and oxygen atoms in total. The van der Waals surface area contributed by atoms with Crippen LogP contribution in [0.1, 0.15) is 25.8 Å². The summed E-state index contributed by atoms with van der Waals surface area (Å²) in [6, 6.07) is 10.3.